The maximum atomic E-state index is 10.2. The Morgan fingerprint density at radius 3 is 2.50 bits per heavy atom. The Labute approximate surface area is 253 Å². The van der Waals surface area contributed by atoms with Crippen LogP contribution in [0.3, 0.4) is 0 Å². The van der Waals surface area contributed by atoms with E-state index in [0.29, 0.717) is 18.4 Å². The largest absolute Gasteiger partial charge is 0.379 e. The molecule has 1 aromatic heterocycles. The van der Waals surface area contributed by atoms with Crippen LogP contribution in [-0.4, -0.2) is 36.4 Å². The van der Waals surface area contributed by atoms with Gasteiger partial charge >= 0.3 is 0 Å². The number of aldehydes is 1. The van der Waals surface area contributed by atoms with Crippen molar-refractivity contribution in [3.63, 3.8) is 0 Å². The summed E-state index contributed by atoms with van der Waals surface area (Å²) < 4.78 is 0. The van der Waals surface area contributed by atoms with Crippen LogP contribution < -0.4 is 5.32 Å². The Morgan fingerprint density at radius 1 is 1.27 bits per heavy atom. The monoisotopic (exact) mass is 597 g/mol. The number of nitrogens with one attached hydrogen (secondary N) is 1. The first kappa shape index (κ1) is 33.8. The zero-order valence-corrected chi connectivity index (χ0v) is 27.4. The molecule has 216 valence electrons. The molecule has 0 aliphatic carbocycles. The van der Waals surface area contributed by atoms with Crippen LogP contribution >= 0.6 is 33.4 Å². The van der Waals surface area contributed by atoms with Crippen molar-refractivity contribution in [1.29, 1.82) is 5.26 Å². The molecule has 0 fully saturated rings. The predicted octanol–water partition coefficient (Wildman–Crippen LogP) is 8.92. The number of rotatable bonds is 8. The Hall–Kier alpha value is -2.43. The number of thiophene rings is 1. The van der Waals surface area contributed by atoms with Gasteiger partial charge in [0, 0.05) is 53.0 Å². The Morgan fingerprint density at radius 2 is 1.95 bits per heavy atom. The summed E-state index contributed by atoms with van der Waals surface area (Å²) in [5.74, 6) is 4.48. The Balaban J connectivity index is 0.000000336. The summed E-state index contributed by atoms with van der Waals surface area (Å²) in [5, 5.41) is 14.6. The van der Waals surface area contributed by atoms with Crippen LogP contribution in [0, 0.1) is 11.3 Å². The fourth-order valence-corrected chi connectivity index (χ4v) is 6.55. The summed E-state index contributed by atoms with van der Waals surface area (Å²) in [6, 6.07) is 17.3. The maximum Gasteiger partial charge on any atom is 0.124 e. The van der Waals surface area contributed by atoms with Crippen LogP contribution in [0.5, 0.6) is 0 Å². The molecule has 0 amide bonds. The van der Waals surface area contributed by atoms with Gasteiger partial charge in [-0.3, -0.25) is 4.90 Å². The zero-order chi connectivity index (χ0) is 29.8. The van der Waals surface area contributed by atoms with Crippen molar-refractivity contribution in [3.05, 3.63) is 80.2 Å². The van der Waals surface area contributed by atoms with E-state index in [1.165, 1.54) is 26.5 Å². The molecule has 2 aromatic carbocycles. The molecule has 1 aliphatic rings. The predicted molar refractivity (Wildman–Crippen MR) is 178 cm³/mol. The molecule has 2 heterocycles. The topological polar surface area (TPSA) is 56.1 Å². The summed E-state index contributed by atoms with van der Waals surface area (Å²) in [6.07, 6.45) is 5.62. The molecule has 7 heteroatoms. The van der Waals surface area contributed by atoms with Gasteiger partial charge in [-0.25, -0.2) is 0 Å². The minimum atomic E-state index is 0.0705. The fraction of sp³-hybridized carbons (Fsp3) is 0.424. The van der Waals surface area contributed by atoms with E-state index in [9.17, 15) is 10.1 Å². The van der Waals surface area contributed by atoms with E-state index in [4.69, 9.17) is 11.6 Å². The molecule has 40 heavy (non-hydrogen) atoms. The van der Waals surface area contributed by atoms with Gasteiger partial charge in [0.25, 0.3) is 0 Å². The lowest BCUT2D eigenvalue weighted by atomic mass is 9.95. The number of nitrogens with zero attached hydrogens (tertiary/aromatic N) is 2. The molecule has 3 unspecified atom stereocenters. The second-order valence-electron chi connectivity index (χ2n) is 9.84. The van der Waals surface area contributed by atoms with Gasteiger partial charge in [-0.15, -0.1) is 11.3 Å². The standard InChI is InChI=1S/C21H26ClN3S.C10H12OS.C2H6/c1-5-13(2)15-6-7-19(22)16(9-15)11-25-12-18-17(10-23)21(24-4)26-20(18)8-14(25)3;1-12(2)10-5-3-9(4-6-10)7-8-11;1-2/h6-7,9,13-14,24H,5,8,11-12H2,1-4H3;3-6,8H,1,7H2,2H3;1-2H3. The number of anilines is 1. The molecule has 4 nitrogen and oxygen atoms in total. The summed E-state index contributed by atoms with van der Waals surface area (Å²) >= 11 is 8.23. The molecule has 0 saturated carbocycles. The minimum Gasteiger partial charge on any atom is -0.379 e. The second kappa shape index (κ2) is 16.7. The summed E-state index contributed by atoms with van der Waals surface area (Å²) in [6.45, 7) is 12.4. The maximum absolute atomic E-state index is 10.2. The lowest BCUT2D eigenvalue weighted by Gasteiger charge is -2.34. The van der Waals surface area contributed by atoms with Crippen LogP contribution in [0.25, 0.3) is 0 Å². The van der Waals surface area contributed by atoms with Crippen molar-refractivity contribution in [2.45, 2.75) is 83.8 Å². The molecular formula is C33H44ClN3OS2. The molecule has 4 rings (SSSR count). The Kier molecular flexibility index (Phi) is 14.1. The van der Waals surface area contributed by atoms with Crippen molar-refractivity contribution in [3.8, 4) is 6.07 Å². The van der Waals surface area contributed by atoms with Gasteiger partial charge in [-0.1, -0.05) is 69.4 Å². The van der Waals surface area contributed by atoms with Gasteiger partial charge in [-0.2, -0.15) is 15.7 Å². The van der Waals surface area contributed by atoms with E-state index in [1.807, 2.05) is 51.2 Å². The first-order chi connectivity index (χ1) is 19.2. The second-order valence-corrected chi connectivity index (χ2v) is 13.1. The number of carbonyl (C=O) groups excluding carboxylic acids is 1. The highest BCUT2D eigenvalue weighted by Crippen LogP contribution is 2.39. The summed E-state index contributed by atoms with van der Waals surface area (Å²) in [7, 11) is 1.96. The third-order valence-electron chi connectivity index (χ3n) is 7.16. The van der Waals surface area contributed by atoms with Gasteiger partial charge in [0.1, 0.15) is 17.4 Å². The number of hydrogen-bond acceptors (Lipinski definition) is 5. The lowest BCUT2D eigenvalue weighted by Crippen LogP contribution is -2.37. The van der Waals surface area contributed by atoms with E-state index in [-0.39, 0.29) is 10.5 Å². The molecule has 0 saturated heterocycles. The molecule has 3 atom stereocenters. The fourth-order valence-electron chi connectivity index (χ4n) is 4.54. The first-order valence-corrected chi connectivity index (χ1v) is 16.9. The average molecular weight is 598 g/mol. The summed E-state index contributed by atoms with van der Waals surface area (Å²) in [5.41, 5.74) is 5.60. The summed E-state index contributed by atoms with van der Waals surface area (Å²) in [4.78, 5) is 15.2. The number of halogens is 1. The van der Waals surface area contributed by atoms with E-state index in [0.717, 1.165) is 53.4 Å². The third-order valence-corrected chi connectivity index (χ3v) is 9.88. The molecule has 0 radical (unpaired) electrons. The van der Waals surface area contributed by atoms with Crippen LogP contribution in [-0.2, 0) is 30.7 Å². The van der Waals surface area contributed by atoms with Crippen LogP contribution in [0.4, 0.5) is 5.00 Å². The van der Waals surface area contributed by atoms with Gasteiger partial charge in [0.2, 0.25) is 0 Å². The highest BCUT2D eigenvalue weighted by molar-refractivity contribution is 8.13. The van der Waals surface area contributed by atoms with Gasteiger partial charge < -0.3 is 10.1 Å². The highest BCUT2D eigenvalue weighted by atomic mass is 35.5. The number of benzene rings is 2. The number of nitriles is 1. The van der Waals surface area contributed by atoms with E-state index >= 15 is 0 Å². The zero-order valence-electron chi connectivity index (χ0n) is 25.0. The normalized spacial score (nSPS) is 15.7. The van der Waals surface area contributed by atoms with Crippen molar-refractivity contribution in [2.24, 2.45) is 0 Å². The third kappa shape index (κ3) is 8.78. The quantitative estimate of drug-likeness (QED) is 0.208. The molecule has 1 aliphatic heterocycles. The van der Waals surface area contributed by atoms with E-state index < -0.39 is 0 Å². The average Bonchev–Trinajstić information content (AvgIpc) is 3.32. The van der Waals surface area contributed by atoms with E-state index in [1.54, 1.807) is 11.3 Å². The molecular weight excluding hydrogens is 554 g/mol. The molecule has 0 spiro atoms. The number of hydrogen-bond donors (Lipinski definition) is 1. The van der Waals surface area contributed by atoms with Gasteiger partial charge in [0.15, 0.2) is 0 Å². The van der Waals surface area contributed by atoms with Gasteiger partial charge in [0.05, 0.1) is 5.56 Å². The SMILES string of the molecule is C=S(C)c1ccc(CC=O)cc1.CC.CCC(C)c1ccc(Cl)c(CN2Cc3c(sc(NC)c3C#N)CC2C)c1. The molecule has 1 N–H and O–H groups in total. The van der Waals surface area contributed by atoms with Crippen molar-refractivity contribution in [2.75, 3.05) is 18.6 Å². The van der Waals surface area contributed by atoms with E-state index in [2.05, 4.69) is 61.3 Å². The molecule has 3 aromatic rings. The van der Waals surface area contributed by atoms with Crippen LogP contribution in [0.15, 0.2) is 47.4 Å². The van der Waals surface area contributed by atoms with Crippen molar-refractivity contribution >= 4 is 50.6 Å². The Bertz CT molecular complexity index is 1310. The lowest BCUT2D eigenvalue weighted by molar-refractivity contribution is -0.107. The first-order valence-electron chi connectivity index (χ1n) is 13.9. The minimum absolute atomic E-state index is 0.0705. The van der Waals surface area contributed by atoms with Crippen LogP contribution in [0.1, 0.15) is 79.7 Å². The highest BCUT2D eigenvalue weighted by Gasteiger charge is 2.29. The van der Waals surface area contributed by atoms with Crippen LogP contribution in [0.2, 0.25) is 5.02 Å². The number of fused-ring (bicyclic) bond motifs is 1. The smallest absolute Gasteiger partial charge is 0.124 e. The number of carbonyl (C=O) groups is 1. The molecule has 0 bridgehead atoms. The van der Waals surface area contributed by atoms with Crippen molar-refractivity contribution < 1.29 is 4.79 Å². The van der Waals surface area contributed by atoms with Gasteiger partial charge in [-0.05, 0) is 66.8 Å². The van der Waals surface area contributed by atoms with Crippen molar-refractivity contribution in [1.82, 2.24) is 4.90 Å².